The molecule has 1 aromatic heterocycles. The average Bonchev–Trinajstić information content (AvgIpc) is 3.32. The third-order valence-corrected chi connectivity index (χ3v) is 5.72. The number of pyridine rings is 1. The zero-order valence-electron chi connectivity index (χ0n) is 16.0. The van der Waals surface area contributed by atoms with E-state index in [4.69, 9.17) is 0 Å². The summed E-state index contributed by atoms with van der Waals surface area (Å²) in [5.74, 6) is -0.155. The molecule has 2 aliphatic rings. The Labute approximate surface area is 164 Å². The lowest BCUT2D eigenvalue weighted by Crippen LogP contribution is -2.43. The van der Waals surface area contributed by atoms with E-state index in [0.29, 0.717) is 13.1 Å². The van der Waals surface area contributed by atoms with Gasteiger partial charge in [0.05, 0.1) is 30.8 Å². The summed E-state index contributed by atoms with van der Waals surface area (Å²) in [7, 11) is 0. The van der Waals surface area contributed by atoms with E-state index in [1.807, 2.05) is 23.1 Å². The Balaban J connectivity index is 1.37. The van der Waals surface area contributed by atoms with Crippen LogP contribution in [0.5, 0.6) is 0 Å². The molecule has 0 aliphatic carbocycles. The van der Waals surface area contributed by atoms with Crippen molar-refractivity contribution in [1.82, 2.24) is 14.8 Å². The first-order valence-electron chi connectivity index (χ1n) is 9.89. The van der Waals surface area contributed by atoms with Crippen LogP contribution in [0.15, 0.2) is 35.5 Å². The topological polar surface area (TPSA) is 60.8 Å². The van der Waals surface area contributed by atoms with E-state index in [1.165, 1.54) is 12.3 Å². The van der Waals surface area contributed by atoms with Crippen molar-refractivity contribution < 1.29 is 9.18 Å². The zero-order valence-corrected chi connectivity index (χ0v) is 16.0. The Bertz CT molecular complexity index is 873. The average molecular weight is 383 g/mol. The summed E-state index contributed by atoms with van der Waals surface area (Å²) in [6.45, 7) is 7.12. The molecular weight excluding hydrogens is 357 g/mol. The molecule has 0 spiro atoms. The highest BCUT2D eigenvalue weighted by Gasteiger charge is 2.31. The Morgan fingerprint density at radius 2 is 2.25 bits per heavy atom. The highest BCUT2D eigenvalue weighted by molar-refractivity contribution is 5.91. The number of aliphatic imine (C=N–C) groups is 1. The lowest BCUT2D eigenvalue weighted by molar-refractivity contribution is -0.132. The molecule has 1 amide bonds. The van der Waals surface area contributed by atoms with E-state index >= 15 is 0 Å². The van der Waals surface area contributed by atoms with Crippen molar-refractivity contribution in [2.45, 2.75) is 31.3 Å². The van der Waals surface area contributed by atoms with Gasteiger partial charge in [-0.3, -0.25) is 19.7 Å². The predicted molar refractivity (Wildman–Crippen MR) is 109 cm³/mol. The number of nitrogens with one attached hydrogen (secondary N) is 1. The van der Waals surface area contributed by atoms with Crippen molar-refractivity contribution in [2.75, 3.05) is 38.0 Å². The van der Waals surface area contributed by atoms with Crippen molar-refractivity contribution in [1.29, 1.82) is 0 Å². The first-order chi connectivity index (χ1) is 13.6. The third kappa shape index (κ3) is 3.99. The van der Waals surface area contributed by atoms with Crippen LogP contribution in [0.25, 0.3) is 10.9 Å². The van der Waals surface area contributed by atoms with Crippen molar-refractivity contribution in [3.05, 3.63) is 36.3 Å². The molecule has 28 heavy (non-hydrogen) atoms. The molecule has 6 nitrogen and oxygen atoms in total. The van der Waals surface area contributed by atoms with Gasteiger partial charge in [-0.15, -0.1) is 0 Å². The standard InChI is InChI=1S/C21H26FN5O/c1-23-12-17-4-3-8-27(17)21(28)14-26-9-7-16(13-26)25-20-6-2-5-19-18(20)10-15(22)11-24-19/h2,5-6,10-11,16-17,25H,1,3-4,7-9,12-14H2/t16-,17-/m0/s1. The van der Waals surface area contributed by atoms with Gasteiger partial charge in [-0.25, -0.2) is 4.39 Å². The molecular formula is C21H26FN5O. The summed E-state index contributed by atoms with van der Waals surface area (Å²) < 4.78 is 13.6. The number of hydrogen-bond donors (Lipinski definition) is 1. The molecule has 2 aliphatic heterocycles. The summed E-state index contributed by atoms with van der Waals surface area (Å²) >= 11 is 0. The van der Waals surface area contributed by atoms with Crippen molar-refractivity contribution >= 4 is 29.2 Å². The minimum absolute atomic E-state index is 0.184. The first-order valence-corrected chi connectivity index (χ1v) is 9.89. The molecule has 148 valence electrons. The zero-order chi connectivity index (χ0) is 19.5. The monoisotopic (exact) mass is 383 g/mol. The van der Waals surface area contributed by atoms with E-state index in [9.17, 15) is 9.18 Å². The number of nitrogens with zero attached hydrogens (tertiary/aromatic N) is 4. The molecule has 1 N–H and O–H groups in total. The third-order valence-electron chi connectivity index (χ3n) is 5.72. The number of benzene rings is 1. The Hall–Kier alpha value is -2.54. The fraction of sp³-hybridized carbons (Fsp3) is 0.476. The minimum atomic E-state index is -0.338. The van der Waals surface area contributed by atoms with Crippen LogP contribution in [-0.4, -0.2) is 72.2 Å². The van der Waals surface area contributed by atoms with Crippen LogP contribution in [0.2, 0.25) is 0 Å². The van der Waals surface area contributed by atoms with Gasteiger partial charge in [0.1, 0.15) is 5.82 Å². The van der Waals surface area contributed by atoms with Gasteiger partial charge in [-0.2, -0.15) is 0 Å². The number of likely N-dealkylation sites (tertiary alicyclic amines) is 2. The van der Waals surface area contributed by atoms with Crippen LogP contribution in [0, 0.1) is 5.82 Å². The van der Waals surface area contributed by atoms with Crippen LogP contribution in [-0.2, 0) is 4.79 Å². The Morgan fingerprint density at radius 3 is 3.11 bits per heavy atom. The number of aromatic nitrogens is 1. The molecule has 2 fully saturated rings. The highest BCUT2D eigenvalue weighted by Crippen LogP contribution is 2.25. The van der Waals surface area contributed by atoms with Gasteiger partial charge in [0, 0.05) is 36.7 Å². The Kier molecular flexibility index (Phi) is 5.52. The number of hydrogen-bond acceptors (Lipinski definition) is 5. The fourth-order valence-electron chi connectivity index (χ4n) is 4.35. The molecule has 0 saturated carbocycles. The van der Waals surface area contributed by atoms with Crippen LogP contribution in [0.1, 0.15) is 19.3 Å². The number of carbonyl (C=O) groups excluding carboxylic acids is 1. The van der Waals surface area contributed by atoms with Crippen LogP contribution < -0.4 is 5.32 Å². The lowest BCUT2D eigenvalue weighted by atomic mass is 10.1. The van der Waals surface area contributed by atoms with E-state index < -0.39 is 0 Å². The summed E-state index contributed by atoms with van der Waals surface area (Å²) in [4.78, 5) is 25.0. The van der Waals surface area contributed by atoms with E-state index in [-0.39, 0.29) is 23.8 Å². The maximum absolute atomic E-state index is 13.6. The van der Waals surface area contributed by atoms with Gasteiger partial charge in [0.25, 0.3) is 0 Å². The molecule has 2 atom stereocenters. The number of fused-ring (bicyclic) bond motifs is 1. The van der Waals surface area contributed by atoms with Gasteiger partial charge >= 0.3 is 0 Å². The second-order valence-corrected chi connectivity index (χ2v) is 7.68. The maximum atomic E-state index is 13.6. The van der Waals surface area contributed by atoms with E-state index in [2.05, 4.69) is 26.9 Å². The predicted octanol–water partition coefficient (Wildman–Crippen LogP) is 2.55. The molecule has 1 aromatic carbocycles. The normalized spacial score (nSPS) is 22.7. The number of rotatable bonds is 6. The SMILES string of the molecule is C=NC[C@@H]1CCCN1C(=O)CN1CC[C@H](Nc2cccc3ncc(F)cc23)C1. The maximum Gasteiger partial charge on any atom is 0.237 e. The largest absolute Gasteiger partial charge is 0.380 e. The summed E-state index contributed by atoms with van der Waals surface area (Å²) in [5.41, 5.74) is 1.66. The van der Waals surface area contributed by atoms with Crippen molar-refractivity contribution in [3.63, 3.8) is 0 Å². The van der Waals surface area contributed by atoms with Gasteiger partial charge in [0.2, 0.25) is 5.91 Å². The molecule has 2 saturated heterocycles. The molecule has 3 heterocycles. The quantitative estimate of drug-likeness (QED) is 0.779. The smallest absolute Gasteiger partial charge is 0.237 e. The summed E-state index contributed by atoms with van der Waals surface area (Å²) in [6, 6.07) is 7.71. The fourth-order valence-corrected chi connectivity index (χ4v) is 4.35. The van der Waals surface area contributed by atoms with Crippen molar-refractivity contribution in [2.24, 2.45) is 4.99 Å². The number of halogens is 1. The van der Waals surface area contributed by atoms with Crippen LogP contribution in [0.3, 0.4) is 0 Å². The first kappa shape index (κ1) is 18.8. The minimum Gasteiger partial charge on any atom is -0.380 e. The molecule has 0 unspecified atom stereocenters. The molecule has 4 rings (SSSR count). The number of carbonyl (C=O) groups is 1. The lowest BCUT2D eigenvalue weighted by Gasteiger charge is -2.26. The van der Waals surface area contributed by atoms with Gasteiger partial charge < -0.3 is 10.2 Å². The molecule has 7 heteroatoms. The molecule has 0 radical (unpaired) electrons. The second kappa shape index (κ2) is 8.22. The Morgan fingerprint density at radius 1 is 1.36 bits per heavy atom. The van der Waals surface area contributed by atoms with Gasteiger partial charge in [0.15, 0.2) is 0 Å². The summed E-state index contributed by atoms with van der Waals surface area (Å²) in [5, 5.41) is 4.30. The van der Waals surface area contributed by atoms with Crippen LogP contribution in [0.4, 0.5) is 10.1 Å². The van der Waals surface area contributed by atoms with E-state index in [0.717, 1.165) is 55.5 Å². The van der Waals surface area contributed by atoms with E-state index in [1.54, 1.807) is 0 Å². The second-order valence-electron chi connectivity index (χ2n) is 7.68. The van der Waals surface area contributed by atoms with Gasteiger partial charge in [-0.1, -0.05) is 6.07 Å². The number of anilines is 1. The molecule has 2 aromatic rings. The highest BCUT2D eigenvalue weighted by atomic mass is 19.1. The molecule has 0 bridgehead atoms. The summed E-state index contributed by atoms with van der Waals surface area (Å²) in [6.07, 6.45) is 4.25. The van der Waals surface area contributed by atoms with Gasteiger partial charge in [-0.05, 0) is 44.2 Å². The number of amides is 1. The van der Waals surface area contributed by atoms with Crippen molar-refractivity contribution in [3.8, 4) is 0 Å². The van der Waals surface area contributed by atoms with Crippen LogP contribution >= 0.6 is 0 Å².